The lowest BCUT2D eigenvalue weighted by Gasteiger charge is -2.17. The van der Waals surface area contributed by atoms with E-state index in [1.165, 1.54) is 6.92 Å². The Hall–Kier alpha value is -3.66. The first kappa shape index (κ1) is 25.0. The van der Waals surface area contributed by atoms with Crippen LogP contribution in [0.15, 0.2) is 48.5 Å². The molecule has 3 rings (SSSR count). The molecule has 3 aromatic rings. The molecule has 0 bridgehead atoms. The molecule has 0 saturated heterocycles. The van der Waals surface area contributed by atoms with Crippen molar-refractivity contribution in [3.05, 3.63) is 76.2 Å². The fraction of sp³-hybridized carbons (Fsp3) is 0.217. The van der Waals surface area contributed by atoms with Gasteiger partial charge in [-0.2, -0.15) is 13.2 Å². The summed E-state index contributed by atoms with van der Waals surface area (Å²) in [5.41, 5.74) is 0.554. The molecule has 0 atom stereocenters. The molecule has 1 N–H and O–H groups in total. The molecule has 0 saturated carbocycles. The van der Waals surface area contributed by atoms with Crippen molar-refractivity contribution in [3.8, 4) is 5.75 Å². The molecule has 2 aromatic carbocycles. The number of aromatic nitrogens is 2. The van der Waals surface area contributed by atoms with Gasteiger partial charge >= 0.3 is 12.1 Å². The number of benzene rings is 2. The van der Waals surface area contributed by atoms with Crippen LogP contribution in [0.5, 0.6) is 5.75 Å². The molecule has 1 aromatic heterocycles. The minimum atomic E-state index is -4.47. The molecule has 0 spiro atoms. The Kier molecular flexibility index (Phi) is 7.41. The van der Waals surface area contributed by atoms with E-state index in [1.807, 2.05) is 0 Å². The number of nitrogens with zero attached hydrogens (tertiary/aromatic N) is 3. The van der Waals surface area contributed by atoms with Gasteiger partial charge in [0, 0.05) is 38.7 Å². The normalized spacial score (nSPS) is 11.1. The van der Waals surface area contributed by atoms with Crippen LogP contribution >= 0.6 is 11.6 Å². The molecule has 0 aliphatic carbocycles. The van der Waals surface area contributed by atoms with E-state index in [0.29, 0.717) is 23.8 Å². The number of nitrogens with one attached hydrogen (secondary N) is 1. The molecule has 1 amide bonds. The zero-order valence-corrected chi connectivity index (χ0v) is 19.2. The van der Waals surface area contributed by atoms with Gasteiger partial charge in [0.1, 0.15) is 5.82 Å². The zero-order valence-electron chi connectivity index (χ0n) is 18.4. The van der Waals surface area contributed by atoms with Crippen LogP contribution in [0.3, 0.4) is 0 Å². The van der Waals surface area contributed by atoms with Gasteiger partial charge in [-0.25, -0.2) is 9.97 Å². The van der Waals surface area contributed by atoms with Crippen molar-refractivity contribution in [1.82, 2.24) is 9.97 Å². The summed E-state index contributed by atoms with van der Waals surface area (Å²) in [5.74, 6) is -0.260. The summed E-state index contributed by atoms with van der Waals surface area (Å²) in [6.07, 6.45) is -4.15. The molecule has 1 heterocycles. The highest BCUT2D eigenvalue weighted by atomic mass is 35.5. The van der Waals surface area contributed by atoms with Crippen LogP contribution in [0.2, 0.25) is 5.15 Å². The molecule has 7 nitrogen and oxygen atoms in total. The standard InChI is InChI=1S/C23H20ClF3N4O3/c1-13(32)34-19-20(24)29-18(30-21(19)31(2)3)12-14-4-10-17(11-5-14)28-22(33)15-6-8-16(9-7-15)23(25,26)27/h4-11H,12H2,1-3H3,(H,28,33). The molecule has 178 valence electrons. The fourth-order valence-corrected chi connectivity index (χ4v) is 3.19. The van der Waals surface area contributed by atoms with E-state index >= 15 is 0 Å². The quantitative estimate of drug-likeness (QED) is 0.386. The first-order valence-corrected chi connectivity index (χ1v) is 10.3. The number of anilines is 2. The summed E-state index contributed by atoms with van der Waals surface area (Å²) in [7, 11) is 3.45. The molecule has 34 heavy (non-hydrogen) atoms. The topological polar surface area (TPSA) is 84.4 Å². The summed E-state index contributed by atoms with van der Waals surface area (Å²) in [4.78, 5) is 33.9. The monoisotopic (exact) mass is 492 g/mol. The van der Waals surface area contributed by atoms with E-state index < -0.39 is 23.6 Å². The smallest absolute Gasteiger partial charge is 0.416 e. The molecule has 0 aliphatic heterocycles. The number of carbonyl (C=O) groups is 2. The summed E-state index contributed by atoms with van der Waals surface area (Å²) in [6, 6.07) is 10.8. The van der Waals surface area contributed by atoms with Crippen molar-refractivity contribution in [2.75, 3.05) is 24.3 Å². The number of esters is 1. The molecule has 0 fully saturated rings. The minimum absolute atomic E-state index is 0.00400. The number of amides is 1. The van der Waals surface area contributed by atoms with Crippen molar-refractivity contribution in [2.24, 2.45) is 0 Å². The van der Waals surface area contributed by atoms with Crippen molar-refractivity contribution < 1.29 is 27.5 Å². The Morgan fingerprint density at radius 1 is 1.03 bits per heavy atom. The maximum atomic E-state index is 12.7. The van der Waals surface area contributed by atoms with Crippen LogP contribution in [0, 0.1) is 0 Å². The van der Waals surface area contributed by atoms with Crippen molar-refractivity contribution in [3.63, 3.8) is 0 Å². The van der Waals surface area contributed by atoms with Gasteiger partial charge in [0.2, 0.25) is 5.75 Å². The Bertz CT molecular complexity index is 1200. The maximum Gasteiger partial charge on any atom is 0.416 e. The summed E-state index contributed by atoms with van der Waals surface area (Å²) >= 11 is 6.20. The SMILES string of the molecule is CC(=O)Oc1c(Cl)nc(Cc2ccc(NC(=O)c3ccc(C(F)(F)F)cc3)cc2)nc1N(C)C. The number of ether oxygens (including phenoxy) is 1. The molecular weight excluding hydrogens is 473 g/mol. The third-order valence-corrected chi connectivity index (χ3v) is 4.83. The lowest BCUT2D eigenvalue weighted by molar-refractivity contribution is -0.137. The third kappa shape index (κ3) is 6.22. The number of alkyl halides is 3. The number of hydrogen-bond donors (Lipinski definition) is 1. The van der Waals surface area contributed by atoms with E-state index in [0.717, 1.165) is 29.8 Å². The number of halogens is 4. The van der Waals surface area contributed by atoms with Gasteiger partial charge in [-0.3, -0.25) is 9.59 Å². The number of hydrogen-bond acceptors (Lipinski definition) is 6. The molecule has 0 unspecified atom stereocenters. The zero-order chi connectivity index (χ0) is 25.0. The van der Waals surface area contributed by atoms with Crippen LogP contribution in [0.25, 0.3) is 0 Å². The first-order chi connectivity index (χ1) is 15.9. The predicted molar refractivity (Wildman–Crippen MR) is 121 cm³/mol. The van der Waals surface area contributed by atoms with E-state index in [4.69, 9.17) is 16.3 Å². The first-order valence-electron chi connectivity index (χ1n) is 9.93. The van der Waals surface area contributed by atoms with E-state index in [9.17, 15) is 22.8 Å². The second-order valence-corrected chi connectivity index (χ2v) is 7.83. The average molecular weight is 493 g/mol. The Balaban J connectivity index is 1.71. The molecule has 0 radical (unpaired) electrons. The Morgan fingerprint density at radius 3 is 2.18 bits per heavy atom. The Morgan fingerprint density at radius 2 is 1.65 bits per heavy atom. The average Bonchev–Trinajstić information content (AvgIpc) is 2.76. The van der Waals surface area contributed by atoms with Gasteiger partial charge in [-0.15, -0.1) is 0 Å². The second-order valence-electron chi connectivity index (χ2n) is 7.47. The van der Waals surface area contributed by atoms with Gasteiger partial charge in [0.15, 0.2) is 11.0 Å². The van der Waals surface area contributed by atoms with E-state index in [1.54, 1.807) is 43.3 Å². The predicted octanol–water partition coefficient (Wildman–Crippen LogP) is 4.98. The lowest BCUT2D eigenvalue weighted by atomic mass is 10.1. The van der Waals surface area contributed by atoms with E-state index in [-0.39, 0.29) is 16.5 Å². The van der Waals surface area contributed by atoms with Gasteiger partial charge in [0.05, 0.1) is 5.56 Å². The number of rotatable bonds is 6. The maximum absolute atomic E-state index is 12.7. The van der Waals surface area contributed by atoms with Gasteiger partial charge in [-0.05, 0) is 42.0 Å². The van der Waals surface area contributed by atoms with Crippen LogP contribution in [0.4, 0.5) is 24.7 Å². The van der Waals surface area contributed by atoms with Crippen molar-refractivity contribution >= 4 is 35.0 Å². The summed E-state index contributed by atoms with van der Waals surface area (Å²) < 4.78 is 43.1. The van der Waals surface area contributed by atoms with Gasteiger partial charge in [-0.1, -0.05) is 23.7 Å². The van der Waals surface area contributed by atoms with Crippen LogP contribution in [0.1, 0.15) is 34.2 Å². The highest BCUT2D eigenvalue weighted by Gasteiger charge is 2.30. The van der Waals surface area contributed by atoms with Gasteiger partial charge in [0.25, 0.3) is 5.91 Å². The third-order valence-electron chi connectivity index (χ3n) is 4.57. The van der Waals surface area contributed by atoms with Crippen LogP contribution in [-0.2, 0) is 17.4 Å². The molecule has 0 aliphatic rings. The highest BCUT2D eigenvalue weighted by molar-refractivity contribution is 6.31. The molecule has 11 heteroatoms. The van der Waals surface area contributed by atoms with Gasteiger partial charge < -0.3 is 15.0 Å². The lowest BCUT2D eigenvalue weighted by Crippen LogP contribution is -2.16. The summed E-state index contributed by atoms with van der Waals surface area (Å²) in [5, 5.41) is 2.64. The van der Waals surface area contributed by atoms with Crippen molar-refractivity contribution in [1.29, 1.82) is 0 Å². The summed E-state index contributed by atoms with van der Waals surface area (Å²) in [6.45, 7) is 1.25. The molecular formula is C23H20ClF3N4O3. The Labute approximate surface area is 198 Å². The highest BCUT2D eigenvalue weighted by Crippen LogP contribution is 2.32. The van der Waals surface area contributed by atoms with Crippen molar-refractivity contribution in [2.45, 2.75) is 19.5 Å². The van der Waals surface area contributed by atoms with E-state index in [2.05, 4.69) is 15.3 Å². The fourth-order valence-electron chi connectivity index (χ4n) is 2.97. The van der Waals surface area contributed by atoms with Crippen LogP contribution < -0.4 is 15.0 Å². The largest absolute Gasteiger partial charge is 0.419 e. The number of carbonyl (C=O) groups excluding carboxylic acids is 2. The van der Waals surface area contributed by atoms with Crippen LogP contribution in [-0.4, -0.2) is 35.9 Å². The minimum Gasteiger partial charge on any atom is -0.419 e. The second kappa shape index (κ2) is 10.1.